The van der Waals surface area contributed by atoms with E-state index in [1.54, 1.807) is 17.2 Å². The maximum atomic E-state index is 12.6. The molecule has 0 aliphatic rings. The molecule has 6 heteroatoms. The Bertz CT molecular complexity index is 629. The van der Waals surface area contributed by atoms with Crippen LogP contribution in [0, 0.1) is 6.92 Å². The minimum atomic E-state index is -0.101. The standard InChI is InChI=1S/C15H19N5O/c1-3-20(10-12-6-4-5-11(2)18-12)15(21)13-7-8-17-9-14(13)19-16/h4-9,19H,3,10,16H2,1-2H3. The minimum absolute atomic E-state index is 0.101. The van der Waals surface area contributed by atoms with Gasteiger partial charge < -0.3 is 10.3 Å². The van der Waals surface area contributed by atoms with Crippen molar-refractivity contribution in [2.75, 3.05) is 12.0 Å². The van der Waals surface area contributed by atoms with Crippen LogP contribution < -0.4 is 11.3 Å². The summed E-state index contributed by atoms with van der Waals surface area (Å²) < 4.78 is 0. The first-order valence-corrected chi connectivity index (χ1v) is 6.78. The van der Waals surface area contributed by atoms with E-state index in [0.717, 1.165) is 11.4 Å². The largest absolute Gasteiger partial charge is 0.333 e. The second-order valence-corrected chi connectivity index (χ2v) is 4.66. The fourth-order valence-corrected chi connectivity index (χ4v) is 2.08. The van der Waals surface area contributed by atoms with Gasteiger partial charge in [-0.25, -0.2) is 0 Å². The highest BCUT2D eigenvalue weighted by Gasteiger charge is 2.18. The molecular weight excluding hydrogens is 266 g/mol. The molecule has 3 N–H and O–H groups in total. The second-order valence-electron chi connectivity index (χ2n) is 4.66. The van der Waals surface area contributed by atoms with E-state index in [-0.39, 0.29) is 5.91 Å². The van der Waals surface area contributed by atoms with E-state index < -0.39 is 0 Å². The Morgan fingerprint density at radius 3 is 2.86 bits per heavy atom. The Morgan fingerprint density at radius 1 is 1.38 bits per heavy atom. The van der Waals surface area contributed by atoms with E-state index in [1.807, 2.05) is 32.0 Å². The number of aryl methyl sites for hydroxylation is 1. The maximum Gasteiger partial charge on any atom is 0.256 e. The third kappa shape index (κ3) is 3.55. The number of aromatic nitrogens is 2. The highest BCUT2D eigenvalue weighted by atomic mass is 16.2. The van der Waals surface area contributed by atoms with Crippen molar-refractivity contribution < 1.29 is 4.79 Å². The SMILES string of the molecule is CCN(Cc1cccc(C)n1)C(=O)c1ccncc1NN. The van der Waals surface area contributed by atoms with Crippen LogP contribution in [0.1, 0.15) is 28.7 Å². The van der Waals surface area contributed by atoms with E-state index in [0.29, 0.717) is 24.3 Å². The van der Waals surface area contributed by atoms with Gasteiger partial charge in [-0.2, -0.15) is 0 Å². The van der Waals surface area contributed by atoms with Crippen LogP contribution in [-0.2, 0) is 6.54 Å². The summed E-state index contributed by atoms with van der Waals surface area (Å²) in [5.41, 5.74) is 5.31. The Morgan fingerprint density at radius 2 is 2.19 bits per heavy atom. The van der Waals surface area contributed by atoms with Crippen LogP contribution in [0.4, 0.5) is 5.69 Å². The van der Waals surface area contributed by atoms with Gasteiger partial charge in [-0.15, -0.1) is 0 Å². The van der Waals surface area contributed by atoms with Gasteiger partial charge in [0.05, 0.1) is 29.7 Å². The number of nitrogens with one attached hydrogen (secondary N) is 1. The normalized spacial score (nSPS) is 10.2. The highest BCUT2D eigenvalue weighted by molar-refractivity contribution is 5.99. The maximum absolute atomic E-state index is 12.6. The van der Waals surface area contributed by atoms with Crippen molar-refractivity contribution >= 4 is 11.6 Å². The summed E-state index contributed by atoms with van der Waals surface area (Å²) in [6, 6.07) is 7.44. The topological polar surface area (TPSA) is 84.1 Å². The molecule has 0 aromatic carbocycles. The van der Waals surface area contributed by atoms with Gasteiger partial charge in [0.15, 0.2) is 0 Å². The molecule has 0 aliphatic heterocycles. The number of anilines is 1. The fourth-order valence-electron chi connectivity index (χ4n) is 2.08. The first-order chi connectivity index (χ1) is 10.2. The summed E-state index contributed by atoms with van der Waals surface area (Å²) in [6.07, 6.45) is 3.11. The van der Waals surface area contributed by atoms with Crippen molar-refractivity contribution in [1.82, 2.24) is 14.9 Å². The lowest BCUT2D eigenvalue weighted by molar-refractivity contribution is 0.0751. The number of hydrogen-bond donors (Lipinski definition) is 2. The predicted molar refractivity (Wildman–Crippen MR) is 81.4 cm³/mol. The zero-order chi connectivity index (χ0) is 15.2. The summed E-state index contributed by atoms with van der Waals surface area (Å²) in [4.78, 5) is 22.7. The fraction of sp³-hybridized carbons (Fsp3) is 0.267. The monoisotopic (exact) mass is 285 g/mol. The van der Waals surface area contributed by atoms with Gasteiger partial charge in [-0.05, 0) is 32.0 Å². The zero-order valence-electron chi connectivity index (χ0n) is 12.2. The van der Waals surface area contributed by atoms with E-state index in [9.17, 15) is 4.79 Å². The Balaban J connectivity index is 2.22. The number of hydrazine groups is 1. The minimum Gasteiger partial charge on any atom is -0.333 e. The molecule has 2 heterocycles. The van der Waals surface area contributed by atoms with Crippen LogP contribution in [0.5, 0.6) is 0 Å². The number of carbonyl (C=O) groups is 1. The molecule has 0 atom stereocenters. The molecule has 21 heavy (non-hydrogen) atoms. The lowest BCUT2D eigenvalue weighted by atomic mass is 10.2. The van der Waals surface area contributed by atoms with Gasteiger partial charge >= 0.3 is 0 Å². The van der Waals surface area contributed by atoms with Crippen molar-refractivity contribution in [2.24, 2.45) is 5.84 Å². The molecule has 0 unspecified atom stereocenters. The molecule has 0 saturated carbocycles. The van der Waals surface area contributed by atoms with Crippen molar-refractivity contribution in [2.45, 2.75) is 20.4 Å². The molecule has 0 radical (unpaired) electrons. The third-order valence-corrected chi connectivity index (χ3v) is 3.17. The van der Waals surface area contributed by atoms with E-state index >= 15 is 0 Å². The zero-order valence-corrected chi connectivity index (χ0v) is 12.2. The lowest BCUT2D eigenvalue weighted by Crippen LogP contribution is -2.31. The number of rotatable bonds is 5. The van der Waals surface area contributed by atoms with Gasteiger partial charge in [0, 0.05) is 18.4 Å². The summed E-state index contributed by atoms with van der Waals surface area (Å²) in [6.45, 7) is 4.91. The number of nitrogen functional groups attached to an aromatic ring is 1. The van der Waals surface area contributed by atoms with Gasteiger partial charge in [0.25, 0.3) is 5.91 Å². The molecule has 6 nitrogen and oxygen atoms in total. The molecule has 1 amide bonds. The quantitative estimate of drug-likeness (QED) is 0.645. The third-order valence-electron chi connectivity index (χ3n) is 3.17. The van der Waals surface area contributed by atoms with Gasteiger partial charge in [-0.1, -0.05) is 6.07 Å². The van der Waals surface area contributed by atoms with E-state index in [2.05, 4.69) is 15.4 Å². The van der Waals surface area contributed by atoms with E-state index in [4.69, 9.17) is 5.84 Å². The van der Waals surface area contributed by atoms with Crippen LogP contribution in [0.3, 0.4) is 0 Å². The molecule has 0 saturated heterocycles. The molecule has 0 bridgehead atoms. The van der Waals surface area contributed by atoms with Gasteiger partial charge in [0.1, 0.15) is 0 Å². The second kappa shape index (κ2) is 6.81. The molecule has 0 fully saturated rings. The predicted octanol–water partition coefficient (Wildman–Crippen LogP) is 1.73. The Labute approximate surface area is 124 Å². The molecule has 0 spiro atoms. The number of pyridine rings is 2. The Hall–Kier alpha value is -2.47. The molecule has 0 aliphatic carbocycles. The molecule has 110 valence electrons. The van der Waals surface area contributed by atoms with Crippen molar-refractivity contribution in [3.8, 4) is 0 Å². The van der Waals surface area contributed by atoms with Crippen LogP contribution in [-0.4, -0.2) is 27.3 Å². The average molecular weight is 285 g/mol. The van der Waals surface area contributed by atoms with Crippen molar-refractivity contribution in [3.63, 3.8) is 0 Å². The summed E-state index contributed by atoms with van der Waals surface area (Å²) in [5, 5.41) is 0. The Kier molecular flexibility index (Phi) is 4.84. The summed E-state index contributed by atoms with van der Waals surface area (Å²) in [7, 11) is 0. The van der Waals surface area contributed by atoms with Gasteiger partial charge in [0.2, 0.25) is 0 Å². The van der Waals surface area contributed by atoms with Crippen LogP contribution >= 0.6 is 0 Å². The van der Waals surface area contributed by atoms with E-state index in [1.165, 1.54) is 6.20 Å². The van der Waals surface area contributed by atoms with Crippen LogP contribution in [0.25, 0.3) is 0 Å². The molecule has 2 rings (SSSR count). The number of hydrogen-bond acceptors (Lipinski definition) is 5. The smallest absolute Gasteiger partial charge is 0.256 e. The van der Waals surface area contributed by atoms with Crippen LogP contribution in [0.2, 0.25) is 0 Å². The number of nitrogens with zero attached hydrogens (tertiary/aromatic N) is 3. The average Bonchev–Trinajstić information content (AvgIpc) is 2.52. The van der Waals surface area contributed by atoms with Crippen molar-refractivity contribution in [1.29, 1.82) is 0 Å². The number of carbonyl (C=O) groups excluding carboxylic acids is 1. The molecule has 2 aromatic rings. The molecule has 2 aromatic heterocycles. The van der Waals surface area contributed by atoms with Crippen LogP contribution in [0.15, 0.2) is 36.7 Å². The lowest BCUT2D eigenvalue weighted by Gasteiger charge is -2.21. The summed E-state index contributed by atoms with van der Waals surface area (Å²) in [5.74, 6) is 5.33. The summed E-state index contributed by atoms with van der Waals surface area (Å²) >= 11 is 0. The van der Waals surface area contributed by atoms with Crippen molar-refractivity contribution in [3.05, 3.63) is 53.6 Å². The first kappa shape index (κ1) is 14.9. The first-order valence-electron chi connectivity index (χ1n) is 6.78. The highest BCUT2D eigenvalue weighted by Crippen LogP contribution is 2.16. The number of nitrogens with two attached hydrogens (primary N) is 1. The molecular formula is C15H19N5O. The van der Waals surface area contributed by atoms with Gasteiger partial charge in [-0.3, -0.25) is 20.6 Å². The number of amides is 1.